The molecule has 0 heterocycles. The summed E-state index contributed by atoms with van der Waals surface area (Å²) in [7, 11) is 0. The molecule has 1 unspecified atom stereocenters. The molecule has 0 spiro atoms. The van der Waals surface area contributed by atoms with Crippen LogP contribution in [0.15, 0.2) is 42.5 Å². The summed E-state index contributed by atoms with van der Waals surface area (Å²) in [5.41, 5.74) is 8.30. The highest BCUT2D eigenvalue weighted by Gasteiger charge is 2.25. The lowest BCUT2D eigenvalue weighted by Crippen LogP contribution is -2.36. The van der Waals surface area contributed by atoms with Gasteiger partial charge in [-0.2, -0.15) is 0 Å². The summed E-state index contributed by atoms with van der Waals surface area (Å²) < 4.78 is 13.9. The standard InChI is InChI=1S/C16H17ClFN/c1-11-6-3-4-7-13(11)16(2,19)10-12-14(17)8-5-9-15(12)18/h3-9H,10,19H2,1-2H3. The van der Waals surface area contributed by atoms with Gasteiger partial charge in [0.2, 0.25) is 0 Å². The van der Waals surface area contributed by atoms with Gasteiger partial charge in [0.15, 0.2) is 0 Å². The lowest BCUT2D eigenvalue weighted by atomic mass is 9.84. The first kappa shape index (κ1) is 14.0. The minimum absolute atomic E-state index is 0.308. The smallest absolute Gasteiger partial charge is 0.127 e. The molecule has 100 valence electrons. The van der Waals surface area contributed by atoms with Crippen molar-refractivity contribution in [1.82, 2.24) is 0 Å². The second-order valence-electron chi connectivity index (χ2n) is 5.11. The lowest BCUT2D eigenvalue weighted by Gasteiger charge is -2.27. The predicted octanol–water partition coefficient (Wildman–Crippen LogP) is 4.20. The minimum Gasteiger partial charge on any atom is -0.321 e. The van der Waals surface area contributed by atoms with E-state index in [1.54, 1.807) is 12.1 Å². The molecule has 0 aromatic heterocycles. The zero-order valence-corrected chi connectivity index (χ0v) is 11.8. The van der Waals surface area contributed by atoms with Gasteiger partial charge in [0.1, 0.15) is 5.82 Å². The maximum absolute atomic E-state index is 13.9. The van der Waals surface area contributed by atoms with Crippen LogP contribution in [0.25, 0.3) is 0 Å². The van der Waals surface area contributed by atoms with Gasteiger partial charge in [-0.05, 0) is 43.5 Å². The molecule has 3 heteroatoms. The number of benzene rings is 2. The van der Waals surface area contributed by atoms with E-state index < -0.39 is 5.54 Å². The Labute approximate surface area is 118 Å². The van der Waals surface area contributed by atoms with Gasteiger partial charge in [0, 0.05) is 16.1 Å². The van der Waals surface area contributed by atoms with E-state index in [1.807, 2.05) is 38.1 Å². The molecule has 0 radical (unpaired) electrons. The van der Waals surface area contributed by atoms with Gasteiger partial charge in [0.25, 0.3) is 0 Å². The second kappa shape index (κ2) is 5.32. The summed E-state index contributed by atoms with van der Waals surface area (Å²) in [6.07, 6.45) is 0.364. The van der Waals surface area contributed by atoms with E-state index >= 15 is 0 Å². The molecule has 0 aliphatic carbocycles. The van der Waals surface area contributed by atoms with Crippen LogP contribution < -0.4 is 5.73 Å². The molecule has 2 rings (SSSR count). The van der Waals surface area contributed by atoms with Crippen molar-refractivity contribution < 1.29 is 4.39 Å². The molecule has 19 heavy (non-hydrogen) atoms. The Hall–Kier alpha value is -1.38. The molecular formula is C16H17ClFN. The molecule has 0 fully saturated rings. The summed E-state index contributed by atoms with van der Waals surface area (Å²) in [6, 6.07) is 12.6. The molecule has 1 atom stereocenters. The van der Waals surface area contributed by atoms with E-state index in [0.717, 1.165) is 11.1 Å². The maximum atomic E-state index is 13.9. The van der Waals surface area contributed by atoms with Crippen LogP contribution in [0.2, 0.25) is 5.02 Å². The molecule has 0 aliphatic heterocycles. The summed E-state index contributed by atoms with van der Waals surface area (Å²) in [5, 5.41) is 0.422. The van der Waals surface area contributed by atoms with Crippen molar-refractivity contribution in [1.29, 1.82) is 0 Å². The van der Waals surface area contributed by atoms with Gasteiger partial charge < -0.3 is 5.73 Å². The fraction of sp³-hybridized carbons (Fsp3) is 0.250. The summed E-state index contributed by atoms with van der Waals surface area (Å²) in [5.74, 6) is -0.308. The van der Waals surface area contributed by atoms with Gasteiger partial charge >= 0.3 is 0 Å². The van der Waals surface area contributed by atoms with Crippen molar-refractivity contribution in [3.05, 3.63) is 70.0 Å². The number of rotatable bonds is 3. The molecule has 0 bridgehead atoms. The zero-order valence-electron chi connectivity index (χ0n) is 11.1. The number of aryl methyl sites for hydroxylation is 1. The highest BCUT2D eigenvalue weighted by Crippen LogP contribution is 2.29. The van der Waals surface area contributed by atoms with E-state index in [4.69, 9.17) is 17.3 Å². The Kier molecular flexibility index (Phi) is 3.93. The van der Waals surface area contributed by atoms with Crippen LogP contribution in [-0.2, 0) is 12.0 Å². The first-order chi connectivity index (χ1) is 8.92. The van der Waals surface area contributed by atoms with E-state index in [-0.39, 0.29) is 5.82 Å². The molecular weight excluding hydrogens is 261 g/mol. The largest absolute Gasteiger partial charge is 0.321 e. The third kappa shape index (κ3) is 2.96. The van der Waals surface area contributed by atoms with E-state index in [2.05, 4.69) is 0 Å². The van der Waals surface area contributed by atoms with Crippen molar-refractivity contribution in [3.63, 3.8) is 0 Å². The first-order valence-corrected chi connectivity index (χ1v) is 6.57. The molecule has 0 saturated heterocycles. The monoisotopic (exact) mass is 277 g/mol. The Morgan fingerprint density at radius 2 is 1.84 bits per heavy atom. The van der Waals surface area contributed by atoms with Crippen LogP contribution in [-0.4, -0.2) is 0 Å². The van der Waals surface area contributed by atoms with E-state index in [0.29, 0.717) is 17.0 Å². The highest BCUT2D eigenvalue weighted by molar-refractivity contribution is 6.31. The first-order valence-electron chi connectivity index (χ1n) is 6.20. The Balaban J connectivity index is 2.39. The van der Waals surface area contributed by atoms with Crippen molar-refractivity contribution >= 4 is 11.6 Å². The molecule has 2 aromatic rings. The number of nitrogens with two attached hydrogens (primary N) is 1. The van der Waals surface area contributed by atoms with Crippen molar-refractivity contribution in [2.45, 2.75) is 25.8 Å². The fourth-order valence-electron chi connectivity index (χ4n) is 2.38. The maximum Gasteiger partial charge on any atom is 0.127 e. The summed E-state index contributed by atoms with van der Waals surface area (Å²) in [4.78, 5) is 0. The summed E-state index contributed by atoms with van der Waals surface area (Å²) in [6.45, 7) is 3.90. The molecule has 0 aliphatic rings. The Morgan fingerprint density at radius 1 is 1.16 bits per heavy atom. The SMILES string of the molecule is Cc1ccccc1C(C)(N)Cc1c(F)cccc1Cl. The lowest BCUT2D eigenvalue weighted by molar-refractivity contribution is 0.473. The van der Waals surface area contributed by atoms with Crippen molar-refractivity contribution in [2.24, 2.45) is 5.73 Å². The van der Waals surface area contributed by atoms with Gasteiger partial charge in [0.05, 0.1) is 0 Å². The normalized spacial score (nSPS) is 14.2. The van der Waals surface area contributed by atoms with E-state index in [9.17, 15) is 4.39 Å². The molecule has 2 N–H and O–H groups in total. The third-order valence-corrected chi connectivity index (χ3v) is 3.72. The highest BCUT2D eigenvalue weighted by atomic mass is 35.5. The fourth-order valence-corrected chi connectivity index (χ4v) is 2.61. The van der Waals surface area contributed by atoms with Crippen molar-refractivity contribution in [2.75, 3.05) is 0 Å². The van der Waals surface area contributed by atoms with Gasteiger partial charge in [-0.1, -0.05) is 41.9 Å². The number of hydrogen-bond donors (Lipinski definition) is 1. The average molecular weight is 278 g/mol. The molecule has 1 nitrogen and oxygen atoms in total. The quantitative estimate of drug-likeness (QED) is 0.894. The third-order valence-electron chi connectivity index (χ3n) is 3.37. The minimum atomic E-state index is -0.656. The van der Waals surface area contributed by atoms with Crippen LogP contribution in [0.4, 0.5) is 4.39 Å². The van der Waals surface area contributed by atoms with Crippen LogP contribution in [0.1, 0.15) is 23.6 Å². The van der Waals surface area contributed by atoms with Gasteiger partial charge in [-0.3, -0.25) is 0 Å². The van der Waals surface area contributed by atoms with Crippen molar-refractivity contribution in [3.8, 4) is 0 Å². The molecule has 0 saturated carbocycles. The van der Waals surface area contributed by atoms with E-state index in [1.165, 1.54) is 6.07 Å². The topological polar surface area (TPSA) is 26.0 Å². The van der Waals surface area contributed by atoms with Crippen LogP contribution in [0, 0.1) is 12.7 Å². The van der Waals surface area contributed by atoms with Crippen LogP contribution >= 0.6 is 11.6 Å². The van der Waals surface area contributed by atoms with Crippen LogP contribution in [0.3, 0.4) is 0 Å². The Morgan fingerprint density at radius 3 is 2.47 bits per heavy atom. The zero-order chi connectivity index (χ0) is 14.0. The molecule has 2 aromatic carbocycles. The van der Waals surface area contributed by atoms with Crippen LogP contribution in [0.5, 0.6) is 0 Å². The predicted molar refractivity (Wildman–Crippen MR) is 77.8 cm³/mol. The summed E-state index contributed by atoms with van der Waals surface area (Å²) >= 11 is 6.07. The molecule has 0 amide bonds. The van der Waals surface area contributed by atoms with Gasteiger partial charge in [-0.15, -0.1) is 0 Å². The average Bonchev–Trinajstić information content (AvgIpc) is 2.34. The Bertz CT molecular complexity index is 573. The second-order valence-corrected chi connectivity index (χ2v) is 5.52. The number of hydrogen-bond acceptors (Lipinski definition) is 1. The van der Waals surface area contributed by atoms with Gasteiger partial charge in [-0.25, -0.2) is 4.39 Å². The number of halogens is 2.